The summed E-state index contributed by atoms with van der Waals surface area (Å²) in [6.07, 6.45) is 22.1. The zero-order valence-corrected chi connectivity index (χ0v) is 13.9. The fourth-order valence-electron chi connectivity index (χ4n) is 1.82. The van der Waals surface area contributed by atoms with Crippen LogP contribution in [0.2, 0.25) is 0 Å². The predicted octanol–water partition coefficient (Wildman–Crippen LogP) is 5.66. The monoisotopic (exact) mass is 302 g/mol. The minimum absolute atomic E-state index is 0.253. The van der Waals surface area contributed by atoms with E-state index in [1.165, 1.54) is 25.7 Å². The first-order chi connectivity index (χ1) is 10.8. The Hall–Kier alpha value is -1.75. The lowest BCUT2D eigenvalue weighted by atomic mass is 10.2. The highest BCUT2D eigenvalue weighted by molar-refractivity contribution is 5.66. The van der Waals surface area contributed by atoms with Crippen molar-refractivity contribution in [2.24, 2.45) is 0 Å². The van der Waals surface area contributed by atoms with Gasteiger partial charge in [0.2, 0.25) is 0 Å². The molecule has 22 heavy (non-hydrogen) atoms. The van der Waals surface area contributed by atoms with Crippen LogP contribution in [0.25, 0.3) is 0 Å². The lowest BCUT2D eigenvalue weighted by molar-refractivity contribution is -0.137. The molecule has 2 nitrogen and oxygen atoms in total. The number of aliphatic carboxylic acids is 1. The molecular weight excluding hydrogens is 272 g/mol. The van der Waals surface area contributed by atoms with E-state index in [0.717, 1.165) is 25.7 Å². The standard InChI is InChI=1S/C20H30O2/c1-2-3-4-5-6-7-8-9-10-11-12-13-14-15-16-17-18-19-20(21)22/h6-7,12-13,15-16H,2-5,8,11,14,17-19H2,1H3,(H,21,22)/b7-6-,13-12-,16-15-. The average molecular weight is 302 g/mol. The van der Waals surface area contributed by atoms with E-state index in [1.54, 1.807) is 0 Å². The molecule has 0 radical (unpaired) electrons. The van der Waals surface area contributed by atoms with Crippen molar-refractivity contribution >= 4 is 5.97 Å². The fourth-order valence-corrected chi connectivity index (χ4v) is 1.82. The molecule has 0 aromatic rings. The molecule has 0 aromatic heterocycles. The minimum atomic E-state index is -0.720. The molecule has 0 aliphatic rings. The van der Waals surface area contributed by atoms with Gasteiger partial charge in [0.1, 0.15) is 0 Å². The number of carboxylic acid groups (broad SMARTS) is 1. The van der Waals surface area contributed by atoms with Crippen LogP contribution in [0.3, 0.4) is 0 Å². The maximum absolute atomic E-state index is 10.3. The van der Waals surface area contributed by atoms with Gasteiger partial charge >= 0.3 is 5.97 Å². The van der Waals surface area contributed by atoms with Crippen molar-refractivity contribution in [3.05, 3.63) is 36.5 Å². The lowest BCUT2D eigenvalue weighted by Crippen LogP contribution is -1.92. The van der Waals surface area contributed by atoms with Gasteiger partial charge in [-0.25, -0.2) is 0 Å². The van der Waals surface area contributed by atoms with Crippen molar-refractivity contribution in [1.29, 1.82) is 0 Å². The summed E-state index contributed by atoms with van der Waals surface area (Å²) < 4.78 is 0. The Kier molecular flexibility index (Phi) is 15.9. The Morgan fingerprint density at radius 1 is 0.864 bits per heavy atom. The summed E-state index contributed by atoms with van der Waals surface area (Å²) in [6, 6.07) is 0. The molecule has 0 aromatic carbocycles. The van der Waals surface area contributed by atoms with Crippen molar-refractivity contribution in [1.82, 2.24) is 0 Å². The summed E-state index contributed by atoms with van der Waals surface area (Å²) in [7, 11) is 0. The Morgan fingerprint density at radius 2 is 1.45 bits per heavy atom. The summed E-state index contributed by atoms with van der Waals surface area (Å²) in [4.78, 5) is 10.3. The molecule has 0 bridgehead atoms. The first kappa shape index (κ1) is 20.2. The number of carbonyl (C=O) groups is 1. The van der Waals surface area contributed by atoms with Crippen molar-refractivity contribution in [3.8, 4) is 11.8 Å². The molecule has 0 aliphatic carbocycles. The first-order valence-corrected chi connectivity index (χ1v) is 8.39. The molecule has 0 rings (SSSR count). The van der Waals surface area contributed by atoms with Crippen LogP contribution >= 0.6 is 0 Å². The normalized spacial score (nSPS) is 11.3. The molecule has 0 saturated carbocycles. The number of rotatable bonds is 12. The van der Waals surface area contributed by atoms with E-state index in [9.17, 15) is 4.79 Å². The maximum Gasteiger partial charge on any atom is 0.303 e. The van der Waals surface area contributed by atoms with Crippen LogP contribution in [0.15, 0.2) is 36.5 Å². The molecule has 122 valence electrons. The highest BCUT2D eigenvalue weighted by atomic mass is 16.4. The van der Waals surface area contributed by atoms with Gasteiger partial charge in [-0.3, -0.25) is 4.79 Å². The summed E-state index contributed by atoms with van der Waals surface area (Å²) in [5, 5.41) is 8.49. The van der Waals surface area contributed by atoms with Crippen LogP contribution in [0.5, 0.6) is 0 Å². The van der Waals surface area contributed by atoms with Gasteiger partial charge in [0.05, 0.1) is 0 Å². The Bertz CT molecular complexity index is 405. The van der Waals surface area contributed by atoms with Gasteiger partial charge in [-0.15, -0.1) is 0 Å². The molecule has 0 spiro atoms. The number of carboxylic acids is 1. The SMILES string of the molecule is CCCCC/C=C\CC#CC/C=C\C/C=C\CCCC(=O)O. The molecular formula is C20H30O2. The zero-order valence-electron chi connectivity index (χ0n) is 13.9. The number of allylic oxidation sites excluding steroid dienone is 6. The van der Waals surface area contributed by atoms with Crippen molar-refractivity contribution < 1.29 is 9.90 Å². The van der Waals surface area contributed by atoms with Crippen LogP contribution in [0, 0.1) is 11.8 Å². The van der Waals surface area contributed by atoms with Crippen LogP contribution in [-0.2, 0) is 4.79 Å². The highest BCUT2D eigenvalue weighted by Crippen LogP contribution is 2.00. The van der Waals surface area contributed by atoms with E-state index in [4.69, 9.17) is 5.11 Å². The summed E-state index contributed by atoms with van der Waals surface area (Å²) >= 11 is 0. The smallest absolute Gasteiger partial charge is 0.303 e. The van der Waals surface area contributed by atoms with E-state index in [1.807, 2.05) is 6.08 Å². The molecule has 0 amide bonds. The number of unbranched alkanes of at least 4 members (excludes halogenated alkanes) is 4. The van der Waals surface area contributed by atoms with Crippen LogP contribution in [-0.4, -0.2) is 11.1 Å². The zero-order chi connectivity index (χ0) is 16.3. The molecule has 0 unspecified atom stereocenters. The van der Waals surface area contributed by atoms with Gasteiger partial charge in [-0.05, 0) is 32.1 Å². The first-order valence-electron chi connectivity index (χ1n) is 8.39. The van der Waals surface area contributed by atoms with Gasteiger partial charge in [0, 0.05) is 19.3 Å². The molecule has 0 saturated heterocycles. The third kappa shape index (κ3) is 18.2. The molecule has 0 aliphatic heterocycles. The quantitative estimate of drug-likeness (QED) is 0.287. The van der Waals surface area contributed by atoms with Gasteiger partial charge in [-0.1, -0.05) is 68.1 Å². The fraction of sp³-hybridized carbons (Fsp3) is 0.550. The van der Waals surface area contributed by atoms with Crippen molar-refractivity contribution in [2.75, 3.05) is 0 Å². The van der Waals surface area contributed by atoms with Gasteiger partial charge in [-0.2, -0.15) is 0 Å². The molecule has 0 heterocycles. The van der Waals surface area contributed by atoms with E-state index in [-0.39, 0.29) is 6.42 Å². The topological polar surface area (TPSA) is 37.3 Å². The second-order valence-electron chi connectivity index (χ2n) is 5.19. The van der Waals surface area contributed by atoms with E-state index in [2.05, 4.69) is 49.1 Å². The summed E-state index contributed by atoms with van der Waals surface area (Å²) in [5.41, 5.74) is 0. The molecule has 0 atom stereocenters. The molecule has 0 fully saturated rings. The third-order valence-electron chi connectivity index (χ3n) is 3.07. The second-order valence-corrected chi connectivity index (χ2v) is 5.19. The highest BCUT2D eigenvalue weighted by Gasteiger charge is 1.92. The minimum Gasteiger partial charge on any atom is -0.481 e. The van der Waals surface area contributed by atoms with Gasteiger partial charge in [0.15, 0.2) is 0 Å². The van der Waals surface area contributed by atoms with Gasteiger partial charge in [0.25, 0.3) is 0 Å². The Morgan fingerprint density at radius 3 is 2.14 bits per heavy atom. The van der Waals surface area contributed by atoms with Crippen molar-refractivity contribution in [2.45, 2.75) is 71.1 Å². The second kappa shape index (κ2) is 17.3. The Labute approximate surface area is 136 Å². The van der Waals surface area contributed by atoms with E-state index >= 15 is 0 Å². The van der Waals surface area contributed by atoms with Crippen LogP contribution < -0.4 is 0 Å². The molecule has 1 N–H and O–H groups in total. The average Bonchev–Trinajstić information content (AvgIpc) is 2.50. The van der Waals surface area contributed by atoms with E-state index in [0.29, 0.717) is 6.42 Å². The number of hydrogen-bond donors (Lipinski definition) is 1. The number of hydrogen-bond acceptors (Lipinski definition) is 1. The van der Waals surface area contributed by atoms with Crippen molar-refractivity contribution in [3.63, 3.8) is 0 Å². The Balaban J connectivity index is 3.45. The van der Waals surface area contributed by atoms with E-state index < -0.39 is 5.97 Å². The third-order valence-corrected chi connectivity index (χ3v) is 3.07. The largest absolute Gasteiger partial charge is 0.481 e. The summed E-state index contributed by atoms with van der Waals surface area (Å²) in [6.45, 7) is 2.22. The predicted molar refractivity (Wildman–Crippen MR) is 94.7 cm³/mol. The maximum atomic E-state index is 10.3. The molecule has 2 heteroatoms. The van der Waals surface area contributed by atoms with Gasteiger partial charge < -0.3 is 5.11 Å². The lowest BCUT2D eigenvalue weighted by Gasteiger charge is -1.90. The van der Waals surface area contributed by atoms with Crippen LogP contribution in [0.4, 0.5) is 0 Å². The summed E-state index contributed by atoms with van der Waals surface area (Å²) in [5.74, 6) is 5.56. The van der Waals surface area contributed by atoms with Crippen LogP contribution in [0.1, 0.15) is 71.1 Å².